The second kappa shape index (κ2) is 9.01. The maximum Gasteiger partial charge on any atom is 0.272 e. The maximum absolute atomic E-state index is 13.0. The molecule has 1 aliphatic carbocycles. The summed E-state index contributed by atoms with van der Waals surface area (Å²) in [4.78, 5) is 13.0. The number of aliphatic hydroxyl groups is 1. The first-order valence-corrected chi connectivity index (χ1v) is 9.90. The molecule has 2 N–H and O–H groups in total. The van der Waals surface area contributed by atoms with Gasteiger partial charge in [0.2, 0.25) is 0 Å². The highest BCUT2D eigenvalue weighted by Gasteiger charge is 2.27. The van der Waals surface area contributed by atoms with Gasteiger partial charge in [0.25, 0.3) is 5.91 Å². The number of carbonyl (C=O) groups excluding carboxylic acids is 1. The Labute approximate surface area is 160 Å². The average molecular weight is 368 g/mol. The van der Waals surface area contributed by atoms with Crippen molar-refractivity contribution in [2.24, 2.45) is 5.92 Å². The van der Waals surface area contributed by atoms with E-state index in [1.165, 1.54) is 0 Å². The van der Waals surface area contributed by atoms with Crippen molar-refractivity contribution in [3.05, 3.63) is 29.5 Å². The summed E-state index contributed by atoms with van der Waals surface area (Å²) < 4.78 is 1.88. The fraction of sp³-hybridized carbons (Fsp3) is 0.571. The number of aromatic nitrogens is 2. The van der Waals surface area contributed by atoms with Gasteiger partial charge in [-0.2, -0.15) is 10.4 Å². The molecule has 0 saturated heterocycles. The zero-order valence-electron chi connectivity index (χ0n) is 15.9. The minimum atomic E-state index is -0.160. The molecule has 2 aromatic rings. The van der Waals surface area contributed by atoms with Crippen molar-refractivity contribution >= 4 is 16.8 Å². The van der Waals surface area contributed by atoms with Crippen LogP contribution in [0.2, 0.25) is 0 Å². The van der Waals surface area contributed by atoms with Crippen molar-refractivity contribution in [1.29, 1.82) is 5.26 Å². The molecule has 1 aromatic carbocycles. The van der Waals surface area contributed by atoms with Crippen molar-refractivity contribution < 1.29 is 9.90 Å². The first kappa shape index (κ1) is 19.4. The van der Waals surface area contributed by atoms with Crippen LogP contribution in [0.15, 0.2) is 18.2 Å². The first-order chi connectivity index (χ1) is 13.1. The molecule has 27 heavy (non-hydrogen) atoms. The van der Waals surface area contributed by atoms with Gasteiger partial charge < -0.3 is 10.4 Å². The van der Waals surface area contributed by atoms with Crippen LogP contribution in [0.1, 0.15) is 61.0 Å². The van der Waals surface area contributed by atoms with Crippen LogP contribution in [-0.4, -0.2) is 33.4 Å². The van der Waals surface area contributed by atoms with E-state index in [0.717, 1.165) is 55.0 Å². The van der Waals surface area contributed by atoms with Gasteiger partial charge in [0.1, 0.15) is 0 Å². The fourth-order valence-corrected chi connectivity index (χ4v) is 3.95. The SMILES string of the molecule is Cc1ccc2c(c1)c(C(=O)NC1CCCC[C@H]1CO)nn2CCCCC#N. The van der Waals surface area contributed by atoms with Crippen LogP contribution in [-0.2, 0) is 6.54 Å². The molecular weight excluding hydrogens is 340 g/mol. The minimum Gasteiger partial charge on any atom is -0.396 e. The zero-order chi connectivity index (χ0) is 19.2. The predicted octanol–water partition coefficient (Wildman–Crippen LogP) is 3.32. The van der Waals surface area contributed by atoms with E-state index < -0.39 is 0 Å². The fourth-order valence-electron chi connectivity index (χ4n) is 3.95. The third-order valence-electron chi connectivity index (χ3n) is 5.49. The van der Waals surface area contributed by atoms with E-state index >= 15 is 0 Å². The highest BCUT2D eigenvalue weighted by Crippen LogP contribution is 2.26. The highest BCUT2D eigenvalue weighted by molar-refractivity contribution is 6.05. The van der Waals surface area contributed by atoms with Gasteiger partial charge >= 0.3 is 0 Å². The predicted molar refractivity (Wildman–Crippen MR) is 104 cm³/mol. The molecular formula is C21H28N4O2. The van der Waals surface area contributed by atoms with Crippen molar-refractivity contribution in [2.75, 3.05) is 6.61 Å². The molecule has 1 aromatic heterocycles. The van der Waals surface area contributed by atoms with Crippen LogP contribution in [0.25, 0.3) is 10.9 Å². The summed E-state index contributed by atoms with van der Waals surface area (Å²) >= 11 is 0. The van der Waals surface area contributed by atoms with Gasteiger partial charge in [-0.1, -0.05) is 24.5 Å². The molecule has 3 rings (SSSR count). The number of rotatable bonds is 7. The number of nitrogens with one attached hydrogen (secondary N) is 1. The molecule has 1 unspecified atom stereocenters. The molecule has 1 amide bonds. The van der Waals surface area contributed by atoms with Crippen LogP contribution in [0.4, 0.5) is 0 Å². The Morgan fingerprint density at radius 2 is 2.19 bits per heavy atom. The number of carbonyl (C=O) groups is 1. The van der Waals surface area contributed by atoms with Gasteiger partial charge in [0.05, 0.1) is 11.6 Å². The standard InChI is InChI=1S/C21H28N4O2/c1-15-9-10-19-17(13-15)20(24-25(19)12-6-2-5-11-22)21(27)23-18-8-4-3-7-16(18)14-26/h9-10,13,16,18,26H,2-8,12,14H2,1H3,(H,23,27)/t16-,18?/m0/s1. The van der Waals surface area contributed by atoms with Crippen LogP contribution in [0.3, 0.4) is 0 Å². The molecule has 0 spiro atoms. The molecule has 0 radical (unpaired) electrons. The van der Waals surface area contributed by atoms with E-state index in [1.54, 1.807) is 0 Å². The van der Waals surface area contributed by atoms with Gasteiger partial charge in [0, 0.05) is 36.9 Å². The third-order valence-corrected chi connectivity index (χ3v) is 5.49. The molecule has 0 bridgehead atoms. The van der Waals surface area contributed by atoms with Crippen LogP contribution >= 0.6 is 0 Å². The lowest BCUT2D eigenvalue weighted by molar-refractivity contribution is 0.0868. The van der Waals surface area contributed by atoms with Crippen LogP contribution in [0, 0.1) is 24.2 Å². The van der Waals surface area contributed by atoms with E-state index in [9.17, 15) is 9.90 Å². The van der Waals surface area contributed by atoms with E-state index in [0.29, 0.717) is 18.7 Å². The normalized spacial score (nSPS) is 19.7. The Morgan fingerprint density at radius 3 is 2.96 bits per heavy atom. The minimum absolute atomic E-state index is 0.0110. The average Bonchev–Trinajstić information content (AvgIpc) is 3.03. The van der Waals surface area contributed by atoms with E-state index in [2.05, 4.69) is 16.5 Å². The first-order valence-electron chi connectivity index (χ1n) is 9.90. The molecule has 1 heterocycles. The molecule has 1 fully saturated rings. The topological polar surface area (TPSA) is 90.9 Å². The van der Waals surface area contributed by atoms with Crippen molar-refractivity contribution in [3.63, 3.8) is 0 Å². The van der Waals surface area contributed by atoms with Gasteiger partial charge in [-0.15, -0.1) is 0 Å². The van der Waals surface area contributed by atoms with Crippen LogP contribution < -0.4 is 5.32 Å². The number of nitriles is 1. The van der Waals surface area contributed by atoms with Crippen molar-refractivity contribution in [1.82, 2.24) is 15.1 Å². The summed E-state index contributed by atoms with van der Waals surface area (Å²) in [6.07, 6.45) is 6.26. The molecule has 0 aliphatic heterocycles. The summed E-state index contributed by atoms with van der Waals surface area (Å²) in [5, 5.41) is 26.9. The molecule has 2 atom stereocenters. The van der Waals surface area contributed by atoms with Gasteiger partial charge in [-0.05, 0) is 44.7 Å². The summed E-state index contributed by atoms with van der Waals surface area (Å²) in [6, 6.07) is 8.22. The Hall–Kier alpha value is -2.39. The van der Waals surface area contributed by atoms with Gasteiger partial charge in [-0.25, -0.2) is 0 Å². The summed E-state index contributed by atoms with van der Waals surface area (Å²) in [6.45, 7) is 2.81. The second-order valence-electron chi connectivity index (χ2n) is 7.51. The Morgan fingerprint density at radius 1 is 1.37 bits per heavy atom. The van der Waals surface area contributed by atoms with Gasteiger partial charge in [-0.3, -0.25) is 9.48 Å². The van der Waals surface area contributed by atoms with Gasteiger partial charge in [0.15, 0.2) is 5.69 Å². The number of nitrogens with zero attached hydrogens (tertiary/aromatic N) is 3. The summed E-state index contributed by atoms with van der Waals surface area (Å²) in [5.74, 6) is -0.0320. The molecule has 6 heteroatoms. The highest BCUT2D eigenvalue weighted by atomic mass is 16.3. The number of amides is 1. The Kier molecular flexibility index (Phi) is 6.46. The monoisotopic (exact) mass is 368 g/mol. The van der Waals surface area contributed by atoms with Crippen molar-refractivity contribution in [2.45, 2.75) is 64.5 Å². The Balaban J connectivity index is 1.83. The lowest BCUT2D eigenvalue weighted by Gasteiger charge is -2.30. The molecule has 1 aliphatic rings. The van der Waals surface area contributed by atoms with E-state index in [4.69, 9.17) is 5.26 Å². The number of aryl methyl sites for hydroxylation is 2. The second-order valence-corrected chi connectivity index (χ2v) is 7.51. The number of hydrogen-bond acceptors (Lipinski definition) is 4. The molecule has 6 nitrogen and oxygen atoms in total. The number of hydrogen-bond donors (Lipinski definition) is 2. The number of aliphatic hydroxyl groups excluding tert-OH is 1. The van der Waals surface area contributed by atoms with E-state index in [-0.39, 0.29) is 24.5 Å². The smallest absolute Gasteiger partial charge is 0.272 e. The summed E-state index contributed by atoms with van der Waals surface area (Å²) in [7, 11) is 0. The van der Waals surface area contributed by atoms with E-state index in [1.807, 2.05) is 29.8 Å². The lowest BCUT2D eigenvalue weighted by atomic mass is 9.85. The lowest BCUT2D eigenvalue weighted by Crippen LogP contribution is -2.43. The molecule has 144 valence electrons. The summed E-state index contributed by atoms with van der Waals surface area (Å²) in [5.41, 5.74) is 2.49. The number of unbranched alkanes of at least 4 members (excludes halogenated alkanes) is 2. The Bertz CT molecular complexity index is 837. The third kappa shape index (κ3) is 4.48. The quantitative estimate of drug-likeness (QED) is 0.734. The number of fused-ring (bicyclic) bond motifs is 1. The maximum atomic E-state index is 13.0. The largest absolute Gasteiger partial charge is 0.396 e. The zero-order valence-corrected chi connectivity index (χ0v) is 15.9. The molecule has 1 saturated carbocycles. The van der Waals surface area contributed by atoms with Crippen LogP contribution in [0.5, 0.6) is 0 Å². The number of benzene rings is 1. The van der Waals surface area contributed by atoms with Crippen molar-refractivity contribution in [3.8, 4) is 6.07 Å².